The molecule has 0 fully saturated rings. The van der Waals surface area contributed by atoms with Crippen LogP contribution < -0.4 is 10.2 Å². The fourth-order valence-corrected chi connectivity index (χ4v) is 2.55. The van der Waals surface area contributed by atoms with E-state index in [0.717, 1.165) is 0 Å². The zero-order valence-electron chi connectivity index (χ0n) is 14.5. The van der Waals surface area contributed by atoms with Crippen molar-refractivity contribution in [2.24, 2.45) is 10.8 Å². The lowest BCUT2D eigenvalue weighted by Gasteiger charge is -2.30. The Bertz CT molecular complexity index is 576. The van der Waals surface area contributed by atoms with Gasteiger partial charge in [0.25, 0.3) is 0 Å². The third kappa shape index (κ3) is 4.79. The Morgan fingerprint density at radius 3 is 1.33 bits per heavy atom. The monoisotopic (exact) mass is 336 g/mol. The number of benzene rings is 1. The largest absolute Gasteiger partial charge is 0.545 e. The van der Waals surface area contributed by atoms with Crippen molar-refractivity contribution in [2.45, 2.75) is 40.5 Å². The molecule has 0 atom stereocenters. The van der Waals surface area contributed by atoms with E-state index in [0.29, 0.717) is 11.1 Å². The average molecular weight is 336 g/mol. The molecule has 0 unspecified atom stereocenters. The van der Waals surface area contributed by atoms with Gasteiger partial charge in [-0.3, -0.25) is 0 Å². The maximum Gasteiger partial charge on any atom is 0.0718 e. The summed E-state index contributed by atoms with van der Waals surface area (Å²) in [5.74, 6) is -2.82. The molecule has 0 amide bonds. The van der Waals surface area contributed by atoms with E-state index in [1.54, 1.807) is 27.7 Å². The molecule has 6 heteroatoms. The first-order valence-electron chi connectivity index (χ1n) is 7.73. The molecule has 6 nitrogen and oxygen atoms in total. The second-order valence-corrected chi connectivity index (χ2v) is 7.69. The number of carboxylic acid groups (broad SMARTS) is 2. The number of rotatable bonds is 8. The van der Waals surface area contributed by atoms with E-state index in [9.17, 15) is 30.0 Å². The Balaban J connectivity index is 3.66. The Morgan fingerprint density at radius 1 is 0.833 bits per heavy atom. The van der Waals surface area contributed by atoms with Crippen LogP contribution in [0.25, 0.3) is 0 Å². The molecule has 0 aliphatic rings. The zero-order chi connectivity index (χ0) is 18.7. The molecule has 0 radical (unpaired) electrons. The van der Waals surface area contributed by atoms with Crippen LogP contribution in [-0.4, -0.2) is 35.4 Å². The van der Waals surface area contributed by atoms with Crippen LogP contribution in [0, 0.1) is 10.8 Å². The van der Waals surface area contributed by atoms with Crippen molar-refractivity contribution in [3.8, 4) is 0 Å². The van der Waals surface area contributed by atoms with Gasteiger partial charge in [0.2, 0.25) is 0 Å². The highest BCUT2D eigenvalue weighted by atomic mass is 16.4. The first-order chi connectivity index (χ1) is 10.9. The quantitative estimate of drug-likeness (QED) is 0.662. The molecule has 0 aliphatic carbocycles. The molecule has 24 heavy (non-hydrogen) atoms. The van der Waals surface area contributed by atoms with Crippen molar-refractivity contribution in [1.29, 1.82) is 0 Å². The zero-order valence-corrected chi connectivity index (χ0v) is 14.5. The molecule has 134 valence electrons. The molecule has 1 rings (SSSR count). The van der Waals surface area contributed by atoms with Gasteiger partial charge in [0.1, 0.15) is 0 Å². The molecular weight excluding hydrogens is 312 g/mol. The lowest BCUT2D eigenvalue weighted by atomic mass is 9.77. The van der Waals surface area contributed by atoms with Gasteiger partial charge in [0.05, 0.1) is 11.9 Å². The second kappa shape index (κ2) is 7.32. The number of hydrogen-bond donors (Lipinski definition) is 2. The molecule has 0 heterocycles. The van der Waals surface area contributed by atoms with Gasteiger partial charge >= 0.3 is 0 Å². The minimum atomic E-state index is -1.41. The minimum absolute atomic E-state index is 0.106. The first-order valence-corrected chi connectivity index (χ1v) is 7.73. The molecule has 1 aromatic rings. The third-order valence-corrected chi connectivity index (χ3v) is 4.04. The topological polar surface area (TPSA) is 121 Å². The normalized spacial score (nSPS) is 12.2. The van der Waals surface area contributed by atoms with E-state index < -0.39 is 22.8 Å². The summed E-state index contributed by atoms with van der Waals surface area (Å²) in [5, 5.41) is 42.0. The highest BCUT2D eigenvalue weighted by Crippen LogP contribution is 2.32. The first kappa shape index (κ1) is 20.1. The Labute approximate surface area is 141 Å². The lowest BCUT2D eigenvalue weighted by molar-refractivity contribution is -0.256. The summed E-state index contributed by atoms with van der Waals surface area (Å²) in [4.78, 5) is 23.0. The van der Waals surface area contributed by atoms with Crippen molar-refractivity contribution in [1.82, 2.24) is 0 Å². The van der Waals surface area contributed by atoms with E-state index in [4.69, 9.17) is 0 Å². The van der Waals surface area contributed by atoms with Gasteiger partial charge in [-0.2, -0.15) is 0 Å². The number of aromatic carboxylic acids is 2. The van der Waals surface area contributed by atoms with Crippen LogP contribution in [-0.2, 0) is 12.8 Å². The van der Waals surface area contributed by atoms with Gasteiger partial charge < -0.3 is 30.0 Å². The fraction of sp³-hybridized carbons (Fsp3) is 0.556. The van der Waals surface area contributed by atoms with E-state index in [2.05, 4.69) is 0 Å². The van der Waals surface area contributed by atoms with Crippen LogP contribution >= 0.6 is 0 Å². The molecule has 0 spiro atoms. The summed E-state index contributed by atoms with van der Waals surface area (Å²) >= 11 is 0. The molecule has 0 bridgehead atoms. The van der Waals surface area contributed by atoms with Gasteiger partial charge in [0.15, 0.2) is 0 Å². The van der Waals surface area contributed by atoms with Crippen LogP contribution in [0.5, 0.6) is 0 Å². The Morgan fingerprint density at radius 2 is 1.12 bits per heavy atom. The van der Waals surface area contributed by atoms with Crippen molar-refractivity contribution >= 4 is 11.9 Å². The molecule has 0 saturated heterocycles. The minimum Gasteiger partial charge on any atom is -0.545 e. The number of carbonyl (C=O) groups excluding carboxylic acids is 2. The Kier molecular flexibility index (Phi) is 6.14. The fourth-order valence-electron chi connectivity index (χ4n) is 2.55. The summed E-state index contributed by atoms with van der Waals surface area (Å²) in [6.07, 6.45) is 0.315. The highest BCUT2D eigenvalue weighted by molar-refractivity contribution is 5.93. The van der Waals surface area contributed by atoms with Gasteiger partial charge in [-0.25, -0.2) is 0 Å². The number of carbonyl (C=O) groups is 2. The van der Waals surface area contributed by atoms with Crippen molar-refractivity contribution in [3.05, 3.63) is 34.4 Å². The van der Waals surface area contributed by atoms with Gasteiger partial charge in [-0.05, 0) is 34.8 Å². The maximum absolute atomic E-state index is 11.5. The van der Waals surface area contributed by atoms with Crippen LogP contribution in [0.1, 0.15) is 59.5 Å². The summed E-state index contributed by atoms with van der Waals surface area (Å²) in [6, 6.07) is 2.39. The predicted octanol–water partition coefficient (Wildman–Crippen LogP) is -0.464. The summed E-state index contributed by atoms with van der Waals surface area (Å²) in [5.41, 5.74) is -0.898. The van der Waals surface area contributed by atoms with Crippen LogP contribution in [0.2, 0.25) is 0 Å². The summed E-state index contributed by atoms with van der Waals surface area (Å²) in [7, 11) is 0. The van der Waals surface area contributed by atoms with Crippen molar-refractivity contribution in [2.75, 3.05) is 13.2 Å². The highest BCUT2D eigenvalue weighted by Gasteiger charge is 2.27. The number of aliphatic hydroxyl groups excluding tert-OH is 2. The molecular formula is C18H24O6-2. The maximum atomic E-state index is 11.5. The standard InChI is InChI=1S/C18H26O6/c1-17(2,9-19)7-13-11(15(21)22)5-6-12(16(23)24)14(13)8-18(3,4)10-20/h5-6,19-20H,7-10H2,1-4H3,(H,21,22)(H,23,24)/p-2. The van der Waals surface area contributed by atoms with Gasteiger partial charge in [-0.1, -0.05) is 39.8 Å². The lowest BCUT2D eigenvalue weighted by Crippen LogP contribution is -2.32. The second-order valence-electron chi connectivity index (χ2n) is 7.69. The number of hydrogen-bond acceptors (Lipinski definition) is 6. The van der Waals surface area contributed by atoms with E-state index in [-0.39, 0.29) is 37.2 Å². The predicted molar refractivity (Wildman–Crippen MR) is 84.2 cm³/mol. The number of aliphatic hydroxyl groups is 2. The van der Waals surface area contributed by atoms with Crippen LogP contribution in [0.15, 0.2) is 12.1 Å². The SMILES string of the molecule is CC(C)(CO)Cc1c(C(=O)[O-])ccc(C(=O)[O-])c1CC(C)(C)CO. The molecule has 0 aliphatic heterocycles. The average Bonchev–Trinajstić information content (AvgIpc) is 2.47. The van der Waals surface area contributed by atoms with E-state index in [1.807, 2.05) is 0 Å². The molecule has 2 N–H and O–H groups in total. The third-order valence-electron chi connectivity index (χ3n) is 4.04. The number of carboxylic acids is 2. The summed E-state index contributed by atoms with van der Waals surface area (Å²) in [6.45, 7) is 6.60. The van der Waals surface area contributed by atoms with Gasteiger partial charge in [0, 0.05) is 24.3 Å². The van der Waals surface area contributed by atoms with Crippen LogP contribution in [0.4, 0.5) is 0 Å². The smallest absolute Gasteiger partial charge is 0.0718 e. The van der Waals surface area contributed by atoms with Crippen LogP contribution in [0.3, 0.4) is 0 Å². The molecule has 0 aromatic heterocycles. The van der Waals surface area contributed by atoms with E-state index in [1.165, 1.54) is 12.1 Å². The Hall–Kier alpha value is -1.92. The van der Waals surface area contributed by atoms with Crippen molar-refractivity contribution < 1.29 is 30.0 Å². The van der Waals surface area contributed by atoms with Crippen molar-refractivity contribution in [3.63, 3.8) is 0 Å². The van der Waals surface area contributed by atoms with E-state index >= 15 is 0 Å². The van der Waals surface area contributed by atoms with Gasteiger partial charge in [-0.15, -0.1) is 0 Å². The summed E-state index contributed by atoms with van der Waals surface area (Å²) < 4.78 is 0. The molecule has 1 aromatic carbocycles. The molecule has 0 saturated carbocycles.